The fraction of sp³-hybridized carbons (Fsp3) is 0.500. The van der Waals surface area contributed by atoms with Gasteiger partial charge in [0.15, 0.2) is 9.84 Å². The van der Waals surface area contributed by atoms with Gasteiger partial charge < -0.3 is 11.1 Å². The Labute approximate surface area is 106 Å². The van der Waals surface area contributed by atoms with Crippen LogP contribution < -0.4 is 11.1 Å². The lowest BCUT2D eigenvalue weighted by Gasteiger charge is -2.23. The van der Waals surface area contributed by atoms with Gasteiger partial charge in [-0.25, -0.2) is 13.4 Å². The first-order valence-corrected chi connectivity index (χ1v) is 7.25. The summed E-state index contributed by atoms with van der Waals surface area (Å²) in [4.78, 5) is 4.00. The first-order chi connectivity index (χ1) is 7.63. The summed E-state index contributed by atoms with van der Waals surface area (Å²) in [5, 5.41) is 3.28. The lowest BCUT2D eigenvalue weighted by Crippen LogP contribution is -2.38. The molecule has 0 spiro atoms. The molecule has 0 aromatic carbocycles. The van der Waals surface area contributed by atoms with E-state index < -0.39 is 14.6 Å². The molecule has 0 aliphatic carbocycles. The summed E-state index contributed by atoms with van der Waals surface area (Å²) >= 11 is 5.92. The Morgan fingerprint density at radius 3 is 2.59 bits per heavy atom. The number of hydrogen-bond donors (Lipinski definition) is 2. The van der Waals surface area contributed by atoms with Gasteiger partial charge in [-0.1, -0.05) is 11.6 Å². The highest BCUT2D eigenvalue weighted by atomic mass is 35.5. The van der Waals surface area contributed by atoms with Crippen LogP contribution in [0.1, 0.15) is 13.8 Å². The van der Waals surface area contributed by atoms with E-state index in [9.17, 15) is 8.42 Å². The van der Waals surface area contributed by atoms with Crippen molar-refractivity contribution >= 4 is 32.9 Å². The van der Waals surface area contributed by atoms with E-state index in [1.54, 1.807) is 19.9 Å². The zero-order chi connectivity index (χ0) is 13.3. The van der Waals surface area contributed by atoms with E-state index in [4.69, 9.17) is 17.3 Å². The Kier molecular flexibility index (Phi) is 3.88. The molecule has 0 amide bonds. The number of nitrogens with one attached hydrogen (secondary N) is 1. The van der Waals surface area contributed by atoms with Crippen molar-refractivity contribution in [2.45, 2.75) is 18.6 Å². The van der Waals surface area contributed by atoms with Gasteiger partial charge >= 0.3 is 0 Å². The first-order valence-electron chi connectivity index (χ1n) is 4.98. The predicted octanol–water partition coefficient (Wildman–Crippen LogP) is 1.55. The summed E-state index contributed by atoms with van der Waals surface area (Å²) in [7, 11) is -3.15. The maximum atomic E-state index is 11.5. The Morgan fingerprint density at radius 1 is 1.53 bits per heavy atom. The van der Waals surface area contributed by atoms with E-state index >= 15 is 0 Å². The normalized spacial score (nSPS) is 12.5. The van der Waals surface area contributed by atoms with Gasteiger partial charge in [0.1, 0.15) is 5.82 Å². The summed E-state index contributed by atoms with van der Waals surface area (Å²) in [6.07, 6.45) is 2.66. The van der Waals surface area contributed by atoms with Crippen molar-refractivity contribution in [2.24, 2.45) is 0 Å². The van der Waals surface area contributed by atoms with Crippen molar-refractivity contribution in [3.8, 4) is 0 Å². The number of nitrogen functional groups attached to an aromatic ring is 1. The van der Waals surface area contributed by atoms with Crippen molar-refractivity contribution in [1.29, 1.82) is 0 Å². The molecular weight excluding hydrogens is 262 g/mol. The Balaban J connectivity index is 2.81. The number of aromatic nitrogens is 1. The minimum absolute atomic E-state index is 0.225. The molecule has 0 saturated heterocycles. The molecule has 1 aromatic heterocycles. The second-order valence-corrected chi connectivity index (χ2v) is 7.54. The maximum Gasteiger partial charge on any atom is 0.154 e. The van der Waals surface area contributed by atoms with E-state index in [1.165, 1.54) is 12.5 Å². The SMILES string of the molecule is CC(C)(CNc1ncc(N)cc1Cl)S(C)(=O)=O. The first kappa shape index (κ1) is 14.1. The molecular formula is C10H16ClN3O2S. The number of nitrogens with zero attached hydrogens (tertiary/aromatic N) is 1. The number of nitrogens with two attached hydrogens (primary N) is 1. The topological polar surface area (TPSA) is 85.1 Å². The third-order valence-corrected chi connectivity index (χ3v) is 4.99. The average Bonchev–Trinajstić information content (AvgIpc) is 2.14. The Morgan fingerprint density at radius 2 is 2.12 bits per heavy atom. The zero-order valence-corrected chi connectivity index (χ0v) is 11.6. The Bertz CT molecular complexity index is 514. The third-order valence-electron chi connectivity index (χ3n) is 2.55. The molecule has 1 rings (SSSR count). The van der Waals surface area contributed by atoms with Gasteiger partial charge in [-0.05, 0) is 19.9 Å². The van der Waals surface area contributed by atoms with E-state index in [0.717, 1.165) is 0 Å². The fourth-order valence-electron chi connectivity index (χ4n) is 1.01. The molecule has 0 aliphatic heterocycles. The van der Waals surface area contributed by atoms with Crippen molar-refractivity contribution in [3.63, 3.8) is 0 Å². The molecule has 96 valence electrons. The molecule has 0 unspecified atom stereocenters. The van der Waals surface area contributed by atoms with Gasteiger partial charge in [-0.15, -0.1) is 0 Å². The molecule has 17 heavy (non-hydrogen) atoms. The van der Waals surface area contributed by atoms with Gasteiger partial charge in [-0.2, -0.15) is 0 Å². The molecule has 0 radical (unpaired) electrons. The Hall–Kier alpha value is -1.01. The molecule has 0 fully saturated rings. The number of sulfone groups is 1. The average molecular weight is 278 g/mol. The number of pyridine rings is 1. The number of anilines is 2. The predicted molar refractivity (Wildman–Crippen MR) is 71.1 cm³/mol. The molecule has 0 atom stereocenters. The molecule has 1 aromatic rings. The highest BCUT2D eigenvalue weighted by Crippen LogP contribution is 2.23. The van der Waals surface area contributed by atoms with Crippen LogP contribution in [0.4, 0.5) is 11.5 Å². The van der Waals surface area contributed by atoms with Crippen molar-refractivity contribution in [1.82, 2.24) is 4.98 Å². The highest BCUT2D eigenvalue weighted by molar-refractivity contribution is 7.92. The monoisotopic (exact) mass is 277 g/mol. The maximum absolute atomic E-state index is 11.5. The van der Waals surface area contributed by atoms with E-state index in [1.807, 2.05) is 0 Å². The number of halogens is 1. The van der Waals surface area contributed by atoms with Crippen LogP contribution in [-0.2, 0) is 9.84 Å². The van der Waals surface area contributed by atoms with Crippen LogP contribution in [0.3, 0.4) is 0 Å². The zero-order valence-electron chi connectivity index (χ0n) is 9.99. The van der Waals surface area contributed by atoms with Gasteiger partial charge in [0.05, 0.1) is 21.7 Å². The van der Waals surface area contributed by atoms with Crippen LogP contribution in [0.25, 0.3) is 0 Å². The number of hydrogen-bond acceptors (Lipinski definition) is 5. The minimum Gasteiger partial charge on any atom is -0.397 e. The molecule has 5 nitrogen and oxygen atoms in total. The number of rotatable bonds is 4. The second-order valence-electron chi connectivity index (χ2n) is 4.48. The largest absolute Gasteiger partial charge is 0.397 e. The van der Waals surface area contributed by atoms with Crippen LogP contribution in [-0.4, -0.2) is 30.9 Å². The van der Waals surface area contributed by atoms with Crippen molar-refractivity contribution in [2.75, 3.05) is 23.9 Å². The molecule has 3 N–H and O–H groups in total. The van der Waals surface area contributed by atoms with Crippen molar-refractivity contribution in [3.05, 3.63) is 17.3 Å². The van der Waals surface area contributed by atoms with Gasteiger partial charge in [0, 0.05) is 12.8 Å². The van der Waals surface area contributed by atoms with Crippen LogP contribution in [0.15, 0.2) is 12.3 Å². The lowest BCUT2D eigenvalue weighted by atomic mass is 10.2. The van der Waals surface area contributed by atoms with E-state index in [2.05, 4.69) is 10.3 Å². The molecule has 0 aliphatic rings. The minimum atomic E-state index is -3.15. The second kappa shape index (κ2) is 4.70. The van der Waals surface area contributed by atoms with Gasteiger partial charge in [0.2, 0.25) is 0 Å². The third kappa shape index (κ3) is 3.47. The quantitative estimate of drug-likeness (QED) is 0.872. The van der Waals surface area contributed by atoms with Crippen LogP contribution in [0.2, 0.25) is 5.02 Å². The van der Waals surface area contributed by atoms with Gasteiger partial charge in [0.25, 0.3) is 0 Å². The molecule has 0 bridgehead atoms. The summed E-state index contributed by atoms with van der Waals surface area (Å²) in [6, 6.07) is 1.56. The summed E-state index contributed by atoms with van der Waals surface area (Å²) in [6.45, 7) is 3.50. The fourth-order valence-corrected chi connectivity index (χ4v) is 1.59. The van der Waals surface area contributed by atoms with E-state index in [0.29, 0.717) is 16.5 Å². The van der Waals surface area contributed by atoms with Crippen LogP contribution >= 0.6 is 11.6 Å². The summed E-state index contributed by atoms with van der Waals surface area (Å²) in [5.74, 6) is 0.428. The summed E-state index contributed by atoms with van der Waals surface area (Å²) < 4.78 is 22.1. The van der Waals surface area contributed by atoms with Crippen molar-refractivity contribution < 1.29 is 8.42 Å². The molecule has 1 heterocycles. The standard InChI is InChI=1S/C10H16ClN3O2S/c1-10(2,17(3,15)16)6-14-9-8(11)4-7(12)5-13-9/h4-5H,6,12H2,1-3H3,(H,13,14). The van der Waals surface area contributed by atoms with Gasteiger partial charge in [-0.3, -0.25) is 0 Å². The smallest absolute Gasteiger partial charge is 0.154 e. The molecule has 0 saturated carbocycles. The van der Waals surface area contributed by atoms with Crippen LogP contribution in [0.5, 0.6) is 0 Å². The molecule has 7 heteroatoms. The van der Waals surface area contributed by atoms with E-state index in [-0.39, 0.29) is 6.54 Å². The lowest BCUT2D eigenvalue weighted by molar-refractivity contribution is 0.559. The van der Waals surface area contributed by atoms with Crippen LogP contribution in [0, 0.1) is 0 Å². The highest BCUT2D eigenvalue weighted by Gasteiger charge is 2.30. The summed E-state index contributed by atoms with van der Waals surface area (Å²) in [5.41, 5.74) is 5.97.